The van der Waals surface area contributed by atoms with Crippen LogP contribution in [-0.4, -0.2) is 26.3 Å². The number of anilines is 1. The molecule has 2 aromatic rings. The predicted octanol–water partition coefficient (Wildman–Crippen LogP) is 4.33. The van der Waals surface area contributed by atoms with Gasteiger partial charge >= 0.3 is 0 Å². The minimum atomic E-state index is -3.34. The Morgan fingerprint density at radius 2 is 1.75 bits per heavy atom. The van der Waals surface area contributed by atoms with Crippen molar-refractivity contribution in [2.24, 2.45) is 0 Å². The summed E-state index contributed by atoms with van der Waals surface area (Å²) in [5, 5.41) is 2.96. The Morgan fingerprint density at radius 3 is 2.32 bits per heavy atom. The van der Waals surface area contributed by atoms with Gasteiger partial charge in [0, 0.05) is 10.6 Å². The van der Waals surface area contributed by atoms with Crippen LogP contribution in [0.3, 0.4) is 0 Å². The molecule has 0 fully saturated rings. The Balaban J connectivity index is 1.91. The van der Waals surface area contributed by atoms with E-state index in [2.05, 4.69) is 42.9 Å². The van der Waals surface area contributed by atoms with Gasteiger partial charge in [-0.25, -0.2) is 8.42 Å². The normalized spacial score (nSPS) is 13.0. The van der Waals surface area contributed by atoms with Crippen molar-refractivity contribution >= 4 is 33.4 Å². The third-order valence-corrected chi connectivity index (χ3v) is 5.78. The van der Waals surface area contributed by atoms with Gasteiger partial charge in [-0.3, -0.25) is 9.52 Å². The smallest absolute Gasteiger partial charge is 0.230 e. The highest BCUT2D eigenvalue weighted by Gasteiger charge is 2.14. The maximum atomic E-state index is 12.3. The van der Waals surface area contributed by atoms with E-state index in [0.29, 0.717) is 11.4 Å². The number of nitrogens with one attached hydrogen (secondary N) is 2. The number of amides is 1. The van der Waals surface area contributed by atoms with Crippen LogP contribution in [0.1, 0.15) is 44.9 Å². The van der Waals surface area contributed by atoms with Gasteiger partial charge < -0.3 is 5.32 Å². The summed E-state index contributed by atoms with van der Waals surface area (Å²) in [5.41, 5.74) is 2.68. The minimum Gasteiger partial charge on any atom is -0.349 e. The molecule has 5 nitrogen and oxygen atoms in total. The summed E-state index contributed by atoms with van der Waals surface area (Å²) in [6, 6.07) is 15.1. The SMILES string of the molecule is C[C@H](NC(=O)CSc1ccc(C(C)(C)C)cc1)c1cccc(NS(C)(=O)=O)c1. The monoisotopic (exact) mass is 420 g/mol. The summed E-state index contributed by atoms with van der Waals surface area (Å²) in [5.74, 6) is 0.249. The van der Waals surface area contributed by atoms with Crippen molar-refractivity contribution in [3.8, 4) is 0 Å². The standard InChI is InChI=1S/C21H28N2O3S2/c1-15(16-7-6-8-18(13-16)23-28(5,25)26)22-20(24)14-27-19-11-9-17(10-12-19)21(2,3)4/h6-13,15,23H,14H2,1-5H3,(H,22,24)/t15-/m0/s1. The summed E-state index contributed by atoms with van der Waals surface area (Å²) in [6.45, 7) is 8.39. The molecule has 0 aromatic heterocycles. The van der Waals surface area contributed by atoms with Gasteiger partial charge in [0.25, 0.3) is 0 Å². The van der Waals surface area contributed by atoms with Gasteiger partial charge in [-0.15, -0.1) is 11.8 Å². The van der Waals surface area contributed by atoms with E-state index in [0.717, 1.165) is 16.7 Å². The fourth-order valence-corrected chi connectivity index (χ4v) is 3.92. The van der Waals surface area contributed by atoms with Gasteiger partial charge in [0.15, 0.2) is 0 Å². The average Bonchev–Trinajstić information content (AvgIpc) is 2.58. The molecule has 0 aliphatic heterocycles. The maximum Gasteiger partial charge on any atom is 0.230 e. The van der Waals surface area contributed by atoms with Crippen LogP contribution in [0.2, 0.25) is 0 Å². The number of sulfonamides is 1. The van der Waals surface area contributed by atoms with Crippen molar-refractivity contribution in [2.45, 2.75) is 44.0 Å². The van der Waals surface area contributed by atoms with Gasteiger partial charge in [0.1, 0.15) is 0 Å². The number of carbonyl (C=O) groups excluding carboxylic acids is 1. The molecule has 2 rings (SSSR count). The van der Waals surface area contributed by atoms with Crippen LogP contribution < -0.4 is 10.0 Å². The molecule has 1 atom stereocenters. The molecule has 28 heavy (non-hydrogen) atoms. The van der Waals surface area contributed by atoms with Crippen molar-refractivity contribution < 1.29 is 13.2 Å². The average molecular weight is 421 g/mol. The molecule has 0 aliphatic rings. The fraction of sp³-hybridized carbons (Fsp3) is 0.381. The zero-order chi connectivity index (χ0) is 20.9. The molecule has 0 unspecified atom stereocenters. The molecule has 0 saturated carbocycles. The first kappa shape index (κ1) is 22.3. The van der Waals surface area contributed by atoms with Crippen LogP contribution >= 0.6 is 11.8 Å². The topological polar surface area (TPSA) is 75.3 Å². The van der Waals surface area contributed by atoms with Crippen molar-refractivity contribution in [3.63, 3.8) is 0 Å². The highest BCUT2D eigenvalue weighted by molar-refractivity contribution is 8.00. The van der Waals surface area contributed by atoms with Crippen LogP contribution in [0.25, 0.3) is 0 Å². The van der Waals surface area contributed by atoms with Crippen molar-refractivity contribution in [1.82, 2.24) is 5.32 Å². The molecular weight excluding hydrogens is 392 g/mol. The van der Waals surface area contributed by atoms with Crippen LogP contribution in [0.4, 0.5) is 5.69 Å². The Bertz CT molecular complexity index is 917. The van der Waals surface area contributed by atoms with Crippen molar-refractivity contribution in [1.29, 1.82) is 0 Å². The number of hydrogen-bond acceptors (Lipinski definition) is 4. The van der Waals surface area contributed by atoms with Crippen LogP contribution in [0.5, 0.6) is 0 Å². The first-order valence-electron chi connectivity index (χ1n) is 9.04. The van der Waals surface area contributed by atoms with E-state index >= 15 is 0 Å². The van der Waals surface area contributed by atoms with Crippen LogP contribution in [0, 0.1) is 0 Å². The highest BCUT2D eigenvalue weighted by atomic mass is 32.2. The maximum absolute atomic E-state index is 12.3. The van der Waals surface area contributed by atoms with Crippen LogP contribution in [-0.2, 0) is 20.2 Å². The van der Waals surface area contributed by atoms with E-state index in [9.17, 15) is 13.2 Å². The second-order valence-corrected chi connectivity index (χ2v) is 10.6. The third kappa shape index (κ3) is 7.20. The molecule has 0 spiro atoms. The van der Waals surface area contributed by atoms with E-state index < -0.39 is 10.0 Å². The third-order valence-electron chi connectivity index (χ3n) is 4.16. The first-order valence-corrected chi connectivity index (χ1v) is 11.9. The number of carbonyl (C=O) groups is 1. The lowest BCUT2D eigenvalue weighted by Gasteiger charge is -2.19. The lowest BCUT2D eigenvalue weighted by atomic mass is 9.87. The highest BCUT2D eigenvalue weighted by Crippen LogP contribution is 2.26. The summed E-state index contributed by atoms with van der Waals surface area (Å²) in [4.78, 5) is 13.3. The molecule has 2 N–H and O–H groups in total. The summed E-state index contributed by atoms with van der Waals surface area (Å²) in [7, 11) is -3.34. The lowest BCUT2D eigenvalue weighted by Crippen LogP contribution is -2.28. The molecular formula is C21H28N2O3S2. The number of thioether (sulfide) groups is 1. The Labute approximate surface area is 172 Å². The van der Waals surface area contributed by atoms with E-state index in [-0.39, 0.29) is 17.4 Å². The van der Waals surface area contributed by atoms with Gasteiger partial charge in [0.2, 0.25) is 15.9 Å². The summed E-state index contributed by atoms with van der Waals surface area (Å²) < 4.78 is 25.2. The zero-order valence-corrected chi connectivity index (χ0v) is 18.6. The fourth-order valence-electron chi connectivity index (χ4n) is 2.65. The first-order chi connectivity index (χ1) is 12.9. The van der Waals surface area contributed by atoms with Crippen LogP contribution in [0.15, 0.2) is 53.4 Å². The minimum absolute atomic E-state index is 0.0705. The largest absolute Gasteiger partial charge is 0.349 e. The molecule has 1 amide bonds. The van der Waals surface area contributed by atoms with Gasteiger partial charge in [-0.1, -0.05) is 45.0 Å². The molecule has 0 radical (unpaired) electrons. The molecule has 152 valence electrons. The van der Waals surface area contributed by atoms with E-state index in [1.165, 1.54) is 17.3 Å². The zero-order valence-electron chi connectivity index (χ0n) is 16.9. The summed E-state index contributed by atoms with van der Waals surface area (Å²) in [6.07, 6.45) is 1.11. The number of hydrogen-bond donors (Lipinski definition) is 2. The predicted molar refractivity (Wildman–Crippen MR) is 117 cm³/mol. The van der Waals surface area contributed by atoms with E-state index in [4.69, 9.17) is 0 Å². The number of rotatable bonds is 7. The summed E-state index contributed by atoms with van der Waals surface area (Å²) >= 11 is 1.49. The molecule has 0 aliphatic carbocycles. The van der Waals surface area contributed by atoms with E-state index in [1.54, 1.807) is 18.2 Å². The number of benzene rings is 2. The molecule has 7 heteroatoms. The van der Waals surface area contributed by atoms with Gasteiger partial charge in [-0.05, 0) is 47.7 Å². The van der Waals surface area contributed by atoms with Crippen molar-refractivity contribution in [3.05, 3.63) is 59.7 Å². The quantitative estimate of drug-likeness (QED) is 0.654. The Kier molecular flexibility index (Phi) is 7.17. The second-order valence-electron chi connectivity index (χ2n) is 7.85. The molecule has 0 bridgehead atoms. The molecule has 2 aromatic carbocycles. The van der Waals surface area contributed by atoms with Crippen molar-refractivity contribution in [2.75, 3.05) is 16.7 Å². The lowest BCUT2D eigenvalue weighted by molar-refractivity contribution is -0.119. The Morgan fingerprint density at radius 1 is 1.11 bits per heavy atom. The second kappa shape index (κ2) is 9.01. The van der Waals surface area contributed by atoms with Gasteiger partial charge in [0.05, 0.1) is 18.1 Å². The molecule has 0 saturated heterocycles. The Hall–Kier alpha value is -1.99. The van der Waals surface area contributed by atoms with Gasteiger partial charge in [-0.2, -0.15) is 0 Å². The van der Waals surface area contributed by atoms with E-state index in [1.807, 2.05) is 25.1 Å². The molecule has 0 heterocycles.